The van der Waals surface area contributed by atoms with Crippen molar-refractivity contribution < 1.29 is 14.3 Å². The molecule has 1 aromatic rings. The monoisotopic (exact) mass is 261 g/mol. The third-order valence-corrected chi connectivity index (χ3v) is 3.88. The van der Waals surface area contributed by atoms with E-state index in [2.05, 4.69) is 6.07 Å². The van der Waals surface area contributed by atoms with E-state index in [1.54, 1.807) is 4.90 Å². The molecule has 0 bridgehead atoms. The van der Waals surface area contributed by atoms with Crippen molar-refractivity contribution in [2.45, 2.75) is 32.7 Å². The van der Waals surface area contributed by atoms with Crippen LogP contribution in [0.2, 0.25) is 0 Å². The second kappa shape index (κ2) is 4.76. The molecule has 0 atom stereocenters. The zero-order valence-corrected chi connectivity index (χ0v) is 11.5. The highest BCUT2D eigenvalue weighted by molar-refractivity contribution is 5.75. The Morgan fingerprint density at radius 2 is 2.11 bits per heavy atom. The van der Waals surface area contributed by atoms with Crippen LogP contribution in [0.1, 0.15) is 30.0 Å². The molecule has 2 aliphatic heterocycles. The van der Waals surface area contributed by atoms with Crippen LogP contribution in [0, 0.1) is 0 Å². The lowest BCUT2D eigenvalue weighted by Crippen LogP contribution is -2.25. The summed E-state index contributed by atoms with van der Waals surface area (Å²) in [5.74, 6) is 2.12. The minimum Gasteiger partial charge on any atom is -0.493 e. The second-order valence-corrected chi connectivity index (χ2v) is 5.12. The Balaban J connectivity index is 1.98. The van der Waals surface area contributed by atoms with Crippen LogP contribution in [0.25, 0.3) is 0 Å². The molecule has 102 valence electrons. The van der Waals surface area contributed by atoms with Gasteiger partial charge in [0.15, 0.2) is 0 Å². The van der Waals surface area contributed by atoms with Crippen molar-refractivity contribution in [2.75, 3.05) is 20.3 Å². The first-order valence-electron chi connectivity index (χ1n) is 6.88. The number of nitrogens with zero attached hydrogens (tertiary/aromatic N) is 1. The van der Waals surface area contributed by atoms with Crippen molar-refractivity contribution in [1.29, 1.82) is 0 Å². The number of carbonyl (C=O) groups is 1. The highest BCUT2D eigenvalue weighted by Gasteiger charge is 2.27. The van der Waals surface area contributed by atoms with Gasteiger partial charge in [0.05, 0.1) is 13.2 Å². The number of ether oxygens (including phenoxy) is 2. The molecule has 4 nitrogen and oxygen atoms in total. The van der Waals surface area contributed by atoms with E-state index in [9.17, 15) is 4.79 Å². The third-order valence-electron chi connectivity index (χ3n) is 3.88. The summed E-state index contributed by atoms with van der Waals surface area (Å²) in [5, 5.41) is 0. The molecule has 0 fully saturated rings. The summed E-state index contributed by atoms with van der Waals surface area (Å²) in [5.41, 5.74) is 3.58. The molecule has 0 radical (unpaired) electrons. The number of carbonyl (C=O) groups excluding carboxylic acids is 1. The third kappa shape index (κ3) is 2.05. The van der Waals surface area contributed by atoms with E-state index in [0.717, 1.165) is 43.1 Å². The molecule has 3 rings (SSSR count). The van der Waals surface area contributed by atoms with Gasteiger partial charge < -0.3 is 14.4 Å². The summed E-state index contributed by atoms with van der Waals surface area (Å²) in [6.07, 6.45) is 2.38. The first kappa shape index (κ1) is 12.3. The van der Waals surface area contributed by atoms with Crippen LogP contribution in [-0.2, 0) is 24.2 Å². The van der Waals surface area contributed by atoms with Crippen molar-refractivity contribution in [3.63, 3.8) is 0 Å². The number of rotatable bonds is 3. The predicted molar refractivity (Wildman–Crippen MR) is 71.6 cm³/mol. The smallest absolute Gasteiger partial charge is 0.222 e. The van der Waals surface area contributed by atoms with E-state index in [0.29, 0.717) is 13.0 Å². The maximum Gasteiger partial charge on any atom is 0.222 e. The summed E-state index contributed by atoms with van der Waals surface area (Å²) in [7, 11) is 1.85. The van der Waals surface area contributed by atoms with Gasteiger partial charge in [-0.1, -0.05) is 6.92 Å². The minimum atomic E-state index is 0.156. The number of amides is 1. The number of hydrogen-bond acceptors (Lipinski definition) is 3. The molecule has 0 saturated carbocycles. The Labute approximate surface area is 113 Å². The summed E-state index contributed by atoms with van der Waals surface area (Å²) < 4.78 is 11.4. The SMILES string of the molecule is CCC(=O)N(C)Cc1c2c(cc3c1OCC3)OCC2. The van der Waals surface area contributed by atoms with E-state index in [4.69, 9.17) is 9.47 Å². The zero-order valence-electron chi connectivity index (χ0n) is 11.5. The first-order chi connectivity index (χ1) is 9.20. The van der Waals surface area contributed by atoms with Crippen LogP contribution in [0.4, 0.5) is 0 Å². The van der Waals surface area contributed by atoms with Gasteiger partial charge in [-0.2, -0.15) is 0 Å². The molecule has 0 spiro atoms. The predicted octanol–water partition coefficient (Wildman–Crippen LogP) is 1.92. The molecule has 19 heavy (non-hydrogen) atoms. The molecule has 0 aromatic heterocycles. The molecule has 4 heteroatoms. The van der Waals surface area contributed by atoms with Gasteiger partial charge in [0, 0.05) is 49.5 Å². The topological polar surface area (TPSA) is 38.8 Å². The Morgan fingerprint density at radius 3 is 2.89 bits per heavy atom. The summed E-state index contributed by atoms with van der Waals surface area (Å²) in [6.45, 7) is 3.97. The molecule has 0 N–H and O–H groups in total. The maximum absolute atomic E-state index is 11.8. The van der Waals surface area contributed by atoms with Crippen LogP contribution in [0.3, 0.4) is 0 Å². The van der Waals surface area contributed by atoms with Gasteiger partial charge in [-0.3, -0.25) is 4.79 Å². The second-order valence-electron chi connectivity index (χ2n) is 5.12. The number of fused-ring (bicyclic) bond motifs is 2. The standard InChI is InChI=1S/C15H19NO3/c1-3-14(17)16(2)9-12-11-5-7-18-13(11)8-10-4-6-19-15(10)12/h8H,3-7,9H2,1-2H3. The quantitative estimate of drug-likeness (QED) is 0.834. The van der Waals surface area contributed by atoms with E-state index in [-0.39, 0.29) is 5.91 Å². The molecule has 0 saturated heterocycles. The molecule has 0 unspecified atom stereocenters. The largest absolute Gasteiger partial charge is 0.493 e. The lowest BCUT2D eigenvalue weighted by atomic mass is 9.99. The Bertz CT molecular complexity index is 492. The van der Waals surface area contributed by atoms with Crippen molar-refractivity contribution >= 4 is 5.91 Å². The van der Waals surface area contributed by atoms with Crippen LogP contribution in [-0.4, -0.2) is 31.1 Å². The molecule has 0 aliphatic carbocycles. The number of benzene rings is 1. The minimum absolute atomic E-state index is 0.156. The maximum atomic E-state index is 11.8. The van der Waals surface area contributed by atoms with Crippen molar-refractivity contribution in [1.82, 2.24) is 4.90 Å². The van der Waals surface area contributed by atoms with Gasteiger partial charge in [-0.25, -0.2) is 0 Å². The molecule has 1 aromatic carbocycles. The fraction of sp³-hybridized carbons (Fsp3) is 0.533. The lowest BCUT2D eigenvalue weighted by molar-refractivity contribution is -0.130. The fourth-order valence-corrected chi connectivity index (χ4v) is 2.85. The molecule has 2 heterocycles. The fourth-order valence-electron chi connectivity index (χ4n) is 2.85. The van der Waals surface area contributed by atoms with Crippen molar-refractivity contribution in [3.05, 3.63) is 22.8 Å². The zero-order chi connectivity index (χ0) is 13.4. The first-order valence-corrected chi connectivity index (χ1v) is 6.88. The highest BCUT2D eigenvalue weighted by Crippen LogP contribution is 2.41. The summed E-state index contributed by atoms with van der Waals surface area (Å²) in [6, 6.07) is 2.11. The van der Waals surface area contributed by atoms with Gasteiger partial charge in [0.25, 0.3) is 0 Å². The Hall–Kier alpha value is -1.71. The Morgan fingerprint density at radius 1 is 1.32 bits per heavy atom. The van der Waals surface area contributed by atoms with E-state index < -0.39 is 0 Å². The summed E-state index contributed by atoms with van der Waals surface area (Å²) >= 11 is 0. The van der Waals surface area contributed by atoms with Crippen molar-refractivity contribution in [3.8, 4) is 11.5 Å². The average molecular weight is 261 g/mol. The van der Waals surface area contributed by atoms with Gasteiger partial charge >= 0.3 is 0 Å². The normalized spacial score (nSPS) is 15.5. The summed E-state index contributed by atoms with van der Waals surface area (Å²) in [4.78, 5) is 13.5. The van der Waals surface area contributed by atoms with Gasteiger partial charge in [0.1, 0.15) is 11.5 Å². The van der Waals surface area contributed by atoms with Crippen LogP contribution >= 0.6 is 0 Å². The van der Waals surface area contributed by atoms with E-state index in [1.807, 2.05) is 14.0 Å². The van der Waals surface area contributed by atoms with Crippen LogP contribution in [0.5, 0.6) is 11.5 Å². The highest BCUT2D eigenvalue weighted by atomic mass is 16.5. The molecule has 2 aliphatic rings. The molecule has 1 amide bonds. The molecular formula is C15H19NO3. The van der Waals surface area contributed by atoms with E-state index >= 15 is 0 Å². The molecular weight excluding hydrogens is 242 g/mol. The van der Waals surface area contributed by atoms with Crippen LogP contribution in [0.15, 0.2) is 6.07 Å². The van der Waals surface area contributed by atoms with Gasteiger partial charge in [-0.05, 0) is 6.07 Å². The van der Waals surface area contributed by atoms with Gasteiger partial charge in [0.2, 0.25) is 5.91 Å². The number of hydrogen-bond donors (Lipinski definition) is 0. The van der Waals surface area contributed by atoms with Crippen LogP contribution < -0.4 is 9.47 Å². The van der Waals surface area contributed by atoms with Crippen molar-refractivity contribution in [2.24, 2.45) is 0 Å². The Kier molecular flexibility index (Phi) is 3.09. The average Bonchev–Trinajstić information content (AvgIpc) is 3.05. The lowest BCUT2D eigenvalue weighted by Gasteiger charge is -2.20. The van der Waals surface area contributed by atoms with Gasteiger partial charge in [-0.15, -0.1) is 0 Å². The van der Waals surface area contributed by atoms with E-state index in [1.165, 1.54) is 11.1 Å².